The standard InChI is InChI=1S/C46H53N7O8/c1-46(2,35-12-6-7-13-37(35)49-45(60)48-36-14-8-11-32-34(36)29-53(44(32)59)38-15-16-41(56)50-43(38)58)27-42(57)61-24-23-52-21-19-51(20-22-52)18-17-47-28-33-39(54)25-31(26-40(33)55)30-9-4-3-5-10-30/h3-14,28,31,38,54H,15-27,29H2,1-2H3,(H2,48,49,60)(H,50,56,58). The normalized spacial score (nSPS) is 20.2. The Morgan fingerprint density at radius 2 is 1.57 bits per heavy atom. The van der Waals surface area contributed by atoms with E-state index in [1.807, 2.05) is 56.3 Å². The lowest BCUT2D eigenvalue weighted by Gasteiger charge is -2.34. The van der Waals surface area contributed by atoms with E-state index in [-0.39, 0.29) is 67.7 Å². The monoisotopic (exact) mass is 831 g/mol. The minimum absolute atomic E-state index is 0.0183. The number of Topliss-reactive ketones (excluding diaryl/α,β-unsaturated/α-hetero) is 1. The number of amides is 5. The van der Waals surface area contributed by atoms with Gasteiger partial charge in [-0.2, -0.15) is 0 Å². The van der Waals surface area contributed by atoms with Crippen molar-refractivity contribution in [2.75, 3.05) is 63.1 Å². The molecular formula is C46H53N7O8. The van der Waals surface area contributed by atoms with E-state index in [1.54, 1.807) is 30.3 Å². The minimum Gasteiger partial charge on any atom is -0.511 e. The molecule has 3 aromatic rings. The first-order chi connectivity index (χ1) is 29.4. The van der Waals surface area contributed by atoms with Gasteiger partial charge >= 0.3 is 12.0 Å². The number of nitrogens with one attached hydrogen (secondary N) is 3. The summed E-state index contributed by atoms with van der Waals surface area (Å²) >= 11 is 0. The van der Waals surface area contributed by atoms with Crippen LogP contribution in [0.25, 0.3) is 0 Å². The Morgan fingerprint density at radius 3 is 2.31 bits per heavy atom. The van der Waals surface area contributed by atoms with Gasteiger partial charge < -0.3 is 25.4 Å². The number of para-hydroxylation sites is 1. The fourth-order valence-electron chi connectivity index (χ4n) is 8.57. The smallest absolute Gasteiger partial charge is 0.323 e. The molecule has 15 heteroatoms. The van der Waals surface area contributed by atoms with Crippen LogP contribution in [0, 0.1) is 0 Å². The van der Waals surface area contributed by atoms with E-state index in [0.717, 1.165) is 43.9 Å². The van der Waals surface area contributed by atoms with E-state index >= 15 is 0 Å². The second-order valence-corrected chi connectivity index (χ2v) is 16.7. The number of allylic oxidation sites excluding steroid dienone is 2. The summed E-state index contributed by atoms with van der Waals surface area (Å²) in [6, 6.07) is 20.8. The number of ketones is 1. The molecule has 61 heavy (non-hydrogen) atoms. The van der Waals surface area contributed by atoms with Gasteiger partial charge in [0.15, 0.2) is 5.78 Å². The first kappa shape index (κ1) is 42.9. The second kappa shape index (κ2) is 19.0. The van der Waals surface area contributed by atoms with Crippen LogP contribution in [0.1, 0.15) is 78.9 Å². The van der Waals surface area contributed by atoms with Gasteiger partial charge in [-0.15, -0.1) is 0 Å². The highest BCUT2D eigenvalue weighted by Crippen LogP contribution is 2.36. The molecule has 320 valence electrons. The van der Waals surface area contributed by atoms with Crippen LogP contribution in [0.5, 0.6) is 0 Å². The summed E-state index contributed by atoms with van der Waals surface area (Å²) in [7, 11) is 0. The van der Waals surface area contributed by atoms with Crippen LogP contribution in [0.3, 0.4) is 0 Å². The Hall–Kier alpha value is -6.19. The molecule has 0 saturated carbocycles. The Kier molecular flexibility index (Phi) is 13.4. The molecule has 3 aromatic carbocycles. The van der Waals surface area contributed by atoms with Crippen molar-refractivity contribution in [2.24, 2.45) is 4.99 Å². The maximum absolute atomic E-state index is 13.4. The topological polar surface area (TPSA) is 190 Å². The van der Waals surface area contributed by atoms with Gasteiger partial charge in [0.2, 0.25) is 11.8 Å². The van der Waals surface area contributed by atoms with E-state index in [2.05, 4.69) is 30.7 Å². The van der Waals surface area contributed by atoms with E-state index in [4.69, 9.17) is 4.74 Å². The summed E-state index contributed by atoms with van der Waals surface area (Å²) in [6.07, 6.45) is 2.78. The lowest BCUT2D eigenvalue weighted by molar-refractivity contribution is -0.145. The SMILES string of the molecule is CC(C)(CC(=O)OCCN1CCN(CCN=CC2=C(O)CC(c3ccccc3)CC2=O)CC1)c1ccccc1NC(=O)Nc1cccc2c1CN(C1CCC(=O)NC1=O)C2=O. The lowest BCUT2D eigenvalue weighted by atomic mass is 9.80. The molecule has 3 heterocycles. The van der Waals surface area contributed by atoms with Gasteiger partial charge in [-0.05, 0) is 41.7 Å². The van der Waals surface area contributed by atoms with Crippen molar-refractivity contribution in [2.45, 2.75) is 69.9 Å². The number of esters is 1. The van der Waals surface area contributed by atoms with Gasteiger partial charge in [0.1, 0.15) is 18.4 Å². The summed E-state index contributed by atoms with van der Waals surface area (Å²) in [6.45, 7) is 9.39. The Balaban J connectivity index is 0.832. The van der Waals surface area contributed by atoms with Gasteiger partial charge in [0, 0.05) is 99.2 Å². The highest BCUT2D eigenvalue weighted by Gasteiger charge is 2.40. The maximum Gasteiger partial charge on any atom is 0.323 e. The third-order valence-corrected chi connectivity index (χ3v) is 12.0. The number of benzene rings is 3. The van der Waals surface area contributed by atoms with E-state index in [9.17, 15) is 33.9 Å². The number of aliphatic hydroxyl groups excluding tert-OH is 1. The number of fused-ring (bicyclic) bond motifs is 1. The van der Waals surface area contributed by atoms with E-state index in [0.29, 0.717) is 54.0 Å². The number of carbonyl (C=O) groups is 6. The average molecular weight is 832 g/mol. The number of imide groups is 1. The molecular weight excluding hydrogens is 779 g/mol. The highest BCUT2D eigenvalue weighted by molar-refractivity contribution is 6.14. The number of hydrogen-bond donors (Lipinski definition) is 4. The van der Waals surface area contributed by atoms with Crippen LogP contribution in [-0.4, -0.2) is 120 Å². The summed E-state index contributed by atoms with van der Waals surface area (Å²) in [5.41, 5.74) is 3.33. The zero-order valence-corrected chi connectivity index (χ0v) is 34.7. The lowest BCUT2D eigenvalue weighted by Crippen LogP contribution is -2.52. The Morgan fingerprint density at radius 1 is 0.885 bits per heavy atom. The van der Waals surface area contributed by atoms with Gasteiger partial charge in [-0.1, -0.05) is 68.4 Å². The number of piperazine rings is 1. The third kappa shape index (κ3) is 10.4. The molecule has 4 aliphatic rings. The number of aliphatic hydroxyl groups is 1. The molecule has 2 unspecified atom stereocenters. The second-order valence-electron chi connectivity index (χ2n) is 16.7. The summed E-state index contributed by atoms with van der Waals surface area (Å²) in [5.74, 6) is -1.56. The van der Waals surface area contributed by atoms with Gasteiger partial charge in [-0.25, -0.2) is 4.79 Å². The molecule has 2 saturated heterocycles. The fraction of sp³-hybridized carbons (Fsp3) is 0.413. The number of anilines is 2. The van der Waals surface area contributed by atoms with Crippen molar-refractivity contribution in [3.63, 3.8) is 0 Å². The van der Waals surface area contributed by atoms with Crippen molar-refractivity contribution >= 4 is 53.1 Å². The Bertz CT molecular complexity index is 2230. The van der Waals surface area contributed by atoms with Crippen LogP contribution in [0.15, 0.2) is 89.1 Å². The molecule has 2 fully saturated rings. The number of nitrogens with zero attached hydrogens (tertiary/aromatic N) is 4. The third-order valence-electron chi connectivity index (χ3n) is 12.0. The van der Waals surface area contributed by atoms with Crippen LogP contribution >= 0.6 is 0 Å². The number of hydrogen-bond acceptors (Lipinski definition) is 11. The van der Waals surface area contributed by atoms with E-state index in [1.165, 1.54) is 11.1 Å². The summed E-state index contributed by atoms with van der Waals surface area (Å²) in [4.78, 5) is 87.2. The van der Waals surface area contributed by atoms with Gasteiger partial charge in [0.05, 0.1) is 18.5 Å². The molecule has 15 nitrogen and oxygen atoms in total. The first-order valence-electron chi connectivity index (χ1n) is 20.9. The zero-order chi connectivity index (χ0) is 43.1. The number of ether oxygens (including phenoxy) is 1. The van der Waals surface area contributed by atoms with Gasteiger partial charge in [-0.3, -0.25) is 44.1 Å². The maximum atomic E-state index is 13.4. The van der Waals surface area contributed by atoms with Crippen LogP contribution < -0.4 is 16.0 Å². The average Bonchev–Trinajstić information content (AvgIpc) is 3.57. The number of carbonyl (C=O) groups excluding carboxylic acids is 6. The van der Waals surface area contributed by atoms with Crippen LogP contribution in [0.2, 0.25) is 0 Å². The molecule has 0 aromatic heterocycles. The van der Waals surface area contributed by atoms with Gasteiger partial charge in [0.25, 0.3) is 5.91 Å². The molecule has 0 radical (unpaired) electrons. The zero-order valence-electron chi connectivity index (χ0n) is 34.7. The van der Waals surface area contributed by atoms with Crippen LogP contribution in [-0.2, 0) is 35.9 Å². The molecule has 1 aliphatic carbocycles. The molecule has 3 aliphatic heterocycles. The molecule has 7 rings (SSSR count). The first-order valence-corrected chi connectivity index (χ1v) is 20.9. The number of urea groups is 1. The highest BCUT2D eigenvalue weighted by atomic mass is 16.5. The predicted molar refractivity (Wildman–Crippen MR) is 229 cm³/mol. The quantitative estimate of drug-likeness (QED) is 0.0983. The predicted octanol–water partition coefficient (Wildman–Crippen LogP) is 4.95. The number of aliphatic imine (C=N–C) groups is 1. The minimum atomic E-state index is -0.772. The largest absolute Gasteiger partial charge is 0.511 e. The van der Waals surface area contributed by atoms with E-state index < -0.39 is 23.4 Å². The summed E-state index contributed by atoms with van der Waals surface area (Å²) in [5, 5.41) is 18.7. The molecule has 0 bridgehead atoms. The van der Waals surface area contributed by atoms with Crippen molar-refractivity contribution < 1.29 is 38.6 Å². The number of rotatable bonds is 14. The van der Waals surface area contributed by atoms with Crippen molar-refractivity contribution in [1.82, 2.24) is 20.0 Å². The summed E-state index contributed by atoms with van der Waals surface area (Å²) < 4.78 is 5.69. The molecule has 5 amide bonds. The molecule has 2 atom stereocenters. The number of piperidine rings is 1. The fourth-order valence-corrected chi connectivity index (χ4v) is 8.57. The molecule has 0 spiro atoms. The van der Waals surface area contributed by atoms with Crippen molar-refractivity contribution in [1.29, 1.82) is 0 Å². The van der Waals surface area contributed by atoms with Crippen molar-refractivity contribution in [3.8, 4) is 0 Å². The van der Waals surface area contributed by atoms with Crippen molar-refractivity contribution in [3.05, 3.63) is 106 Å². The Labute approximate surface area is 355 Å². The molecule has 4 N–H and O–H groups in total. The van der Waals surface area contributed by atoms with Crippen LogP contribution in [0.4, 0.5) is 16.2 Å².